The Morgan fingerprint density at radius 3 is 1.48 bits per heavy atom. The Bertz CT molecular complexity index is 491. The van der Waals surface area contributed by atoms with Crippen LogP contribution >= 0.6 is 0 Å². The van der Waals surface area contributed by atoms with Gasteiger partial charge in [0.05, 0.1) is 12.1 Å². The number of amides is 1. The summed E-state index contributed by atoms with van der Waals surface area (Å²) in [4.78, 5) is 13.5. The molecule has 2 heteroatoms. The molecule has 0 aliphatic carbocycles. The van der Waals surface area contributed by atoms with Gasteiger partial charge in [-0.2, -0.15) is 0 Å². The van der Waals surface area contributed by atoms with Gasteiger partial charge in [-0.05, 0) is 24.0 Å². The van der Waals surface area contributed by atoms with Crippen LogP contribution in [0, 0.1) is 0 Å². The molecule has 2 nitrogen and oxygen atoms in total. The van der Waals surface area contributed by atoms with E-state index in [0.717, 1.165) is 24.0 Å². The molecule has 2 atom stereocenters. The zero-order valence-corrected chi connectivity index (χ0v) is 12.7. The van der Waals surface area contributed by atoms with Crippen LogP contribution in [-0.4, -0.2) is 11.3 Å². The van der Waals surface area contributed by atoms with Gasteiger partial charge in [-0.25, -0.2) is 0 Å². The Morgan fingerprint density at radius 1 is 0.810 bits per heavy atom. The van der Waals surface area contributed by atoms with Gasteiger partial charge < -0.3 is 4.90 Å². The van der Waals surface area contributed by atoms with Gasteiger partial charge in [0.1, 0.15) is 0 Å². The highest BCUT2D eigenvalue weighted by Crippen LogP contribution is 2.33. The van der Waals surface area contributed by atoms with Gasteiger partial charge in [0.2, 0.25) is 0 Å². The van der Waals surface area contributed by atoms with Gasteiger partial charge in [0.25, 0.3) is 0 Å². The number of hydrogen-bond donors (Lipinski definition) is 0. The van der Waals surface area contributed by atoms with Gasteiger partial charge >= 0.3 is 6.41 Å². The van der Waals surface area contributed by atoms with Gasteiger partial charge in [-0.3, -0.25) is 4.79 Å². The van der Waals surface area contributed by atoms with Crippen molar-refractivity contribution < 1.29 is 4.79 Å². The van der Waals surface area contributed by atoms with Crippen LogP contribution < -0.4 is 0 Å². The molecule has 0 heterocycles. The second-order valence-corrected chi connectivity index (χ2v) is 5.17. The fraction of sp³-hybridized carbons (Fsp3) is 0.316. The van der Waals surface area contributed by atoms with Crippen molar-refractivity contribution >= 4 is 6.41 Å². The molecule has 0 bridgehead atoms. The van der Waals surface area contributed by atoms with Gasteiger partial charge in [-0.15, -0.1) is 0 Å². The first-order chi connectivity index (χ1) is 10.3. The number of rotatable bonds is 7. The monoisotopic (exact) mass is 280 g/mol. The number of nitrogens with zero attached hydrogens (tertiary/aromatic N) is 1. The van der Waals surface area contributed by atoms with Crippen molar-refractivity contribution in [3.8, 4) is 0 Å². The lowest BCUT2D eigenvalue weighted by Crippen LogP contribution is -2.31. The zero-order valence-electron chi connectivity index (χ0n) is 12.7. The largest absolute Gasteiger partial charge is 0.320 e. The van der Waals surface area contributed by atoms with Gasteiger partial charge in [0.15, 0.2) is 0 Å². The van der Waals surface area contributed by atoms with Crippen LogP contribution in [0.4, 0.5) is 0 Å². The third-order valence-corrected chi connectivity index (χ3v) is 3.92. The molecule has 1 radical (unpaired) electrons. The molecular weight excluding hydrogens is 258 g/mol. The summed E-state index contributed by atoms with van der Waals surface area (Å²) in [5, 5.41) is 0. The molecule has 109 valence electrons. The van der Waals surface area contributed by atoms with Gasteiger partial charge in [-0.1, -0.05) is 74.5 Å². The van der Waals surface area contributed by atoms with E-state index < -0.39 is 0 Å². The lowest BCUT2D eigenvalue weighted by Gasteiger charge is -2.34. The maximum absolute atomic E-state index is 11.7. The smallest absolute Gasteiger partial charge is 0.313 e. The average Bonchev–Trinajstić information content (AvgIpc) is 2.56. The Hall–Kier alpha value is -2.09. The van der Waals surface area contributed by atoms with E-state index in [-0.39, 0.29) is 12.1 Å². The van der Waals surface area contributed by atoms with E-state index >= 15 is 0 Å². The third kappa shape index (κ3) is 3.52. The molecule has 2 aromatic carbocycles. The fourth-order valence-electron chi connectivity index (χ4n) is 2.88. The molecule has 0 spiro atoms. The van der Waals surface area contributed by atoms with E-state index in [4.69, 9.17) is 0 Å². The summed E-state index contributed by atoms with van der Waals surface area (Å²) in [6.07, 6.45) is 3.94. The Balaban J connectivity index is 2.34. The maximum Gasteiger partial charge on any atom is 0.313 e. The van der Waals surface area contributed by atoms with Crippen LogP contribution in [0.15, 0.2) is 60.7 Å². The molecule has 0 aliphatic rings. The summed E-state index contributed by atoms with van der Waals surface area (Å²) in [7, 11) is 0. The van der Waals surface area contributed by atoms with Crippen LogP contribution in [0.3, 0.4) is 0 Å². The predicted octanol–water partition coefficient (Wildman–Crippen LogP) is 4.66. The van der Waals surface area contributed by atoms with Crippen molar-refractivity contribution in [2.24, 2.45) is 0 Å². The predicted molar refractivity (Wildman–Crippen MR) is 86.5 cm³/mol. The summed E-state index contributed by atoms with van der Waals surface area (Å²) in [5.41, 5.74) is 2.33. The molecule has 0 aliphatic heterocycles. The van der Waals surface area contributed by atoms with Crippen molar-refractivity contribution in [3.05, 3.63) is 71.8 Å². The van der Waals surface area contributed by atoms with E-state index in [1.807, 2.05) is 41.3 Å². The van der Waals surface area contributed by atoms with E-state index in [0.29, 0.717) is 0 Å². The lowest BCUT2D eigenvalue weighted by molar-refractivity contribution is 0.216. The maximum atomic E-state index is 11.7. The van der Waals surface area contributed by atoms with Crippen LogP contribution in [0.5, 0.6) is 0 Å². The minimum absolute atomic E-state index is 0.0638. The van der Waals surface area contributed by atoms with E-state index in [9.17, 15) is 4.79 Å². The standard InChI is InChI=1S/C19H22NO/c1-3-18(16-11-7-5-8-12-16)20(15-21)19(4-2)17-13-9-6-10-14-17/h5-14,18-19H,3-4H2,1-2H3. The molecule has 0 N–H and O–H groups in total. The minimum Gasteiger partial charge on any atom is -0.320 e. The van der Waals surface area contributed by atoms with Crippen molar-refractivity contribution in [1.29, 1.82) is 0 Å². The topological polar surface area (TPSA) is 20.3 Å². The van der Waals surface area contributed by atoms with E-state index in [1.54, 1.807) is 0 Å². The molecule has 2 unspecified atom stereocenters. The second kappa shape index (κ2) is 7.63. The van der Waals surface area contributed by atoms with Crippen molar-refractivity contribution in [2.75, 3.05) is 0 Å². The summed E-state index contributed by atoms with van der Waals surface area (Å²) in [5.74, 6) is 0. The second-order valence-electron chi connectivity index (χ2n) is 5.17. The molecule has 0 fully saturated rings. The first kappa shape index (κ1) is 15.3. The average molecular weight is 280 g/mol. The highest BCUT2D eigenvalue weighted by Gasteiger charge is 2.25. The third-order valence-electron chi connectivity index (χ3n) is 3.92. The molecule has 1 amide bonds. The molecule has 0 aromatic heterocycles. The molecular formula is C19H22NO. The molecule has 0 saturated carbocycles. The SMILES string of the molecule is CCC(c1ccccc1)N([C]=O)C(CC)c1ccccc1. The summed E-state index contributed by atoms with van der Waals surface area (Å²) in [6.45, 7) is 4.22. The fourth-order valence-corrected chi connectivity index (χ4v) is 2.88. The normalized spacial score (nSPS) is 13.4. The number of carbonyl (C=O) groups excluding carboxylic acids is 1. The lowest BCUT2D eigenvalue weighted by atomic mass is 9.97. The Morgan fingerprint density at radius 2 is 1.19 bits per heavy atom. The van der Waals surface area contributed by atoms with Crippen LogP contribution in [-0.2, 0) is 4.79 Å². The van der Waals surface area contributed by atoms with Crippen LogP contribution in [0.25, 0.3) is 0 Å². The summed E-state index contributed by atoms with van der Waals surface area (Å²) in [6, 6.07) is 20.5. The van der Waals surface area contributed by atoms with E-state index in [2.05, 4.69) is 44.5 Å². The number of benzene rings is 2. The highest BCUT2D eigenvalue weighted by molar-refractivity contribution is 5.51. The summed E-state index contributed by atoms with van der Waals surface area (Å²) < 4.78 is 0. The first-order valence-electron chi connectivity index (χ1n) is 7.57. The zero-order chi connectivity index (χ0) is 15.1. The molecule has 2 rings (SSSR count). The molecule has 0 saturated heterocycles. The summed E-state index contributed by atoms with van der Waals surface area (Å²) >= 11 is 0. The van der Waals surface area contributed by atoms with Gasteiger partial charge in [0, 0.05) is 0 Å². The number of hydrogen-bond acceptors (Lipinski definition) is 1. The molecule has 21 heavy (non-hydrogen) atoms. The minimum atomic E-state index is 0.0638. The van der Waals surface area contributed by atoms with Crippen molar-refractivity contribution in [3.63, 3.8) is 0 Å². The van der Waals surface area contributed by atoms with Crippen molar-refractivity contribution in [2.45, 2.75) is 38.8 Å². The van der Waals surface area contributed by atoms with Crippen LogP contribution in [0.2, 0.25) is 0 Å². The van der Waals surface area contributed by atoms with Crippen LogP contribution in [0.1, 0.15) is 49.9 Å². The Kier molecular flexibility index (Phi) is 5.56. The molecule has 2 aromatic rings. The highest BCUT2D eigenvalue weighted by atomic mass is 16.1. The first-order valence-corrected chi connectivity index (χ1v) is 7.57. The Labute approximate surface area is 127 Å². The van der Waals surface area contributed by atoms with Crippen molar-refractivity contribution in [1.82, 2.24) is 4.90 Å². The van der Waals surface area contributed by atoms with E-state index in [1.165, 1.54) is 0 Å². The quantitative estimate of drug-likeness (QED) is 0.676.